The van der Waals surface area contributed by atoms with Gasteiger partial charge in [0.05, 0.1) is 0 Å². The van der Waals surface area contributed by atoms with E-state index in [0.29, 0.717) is 17.4 Å². The fourth-order valence-corrected chi connectivity index (χ4v) is 0.903. The average Bonchev–Trinajstić information content (AvgIpc) is 2.49. The summed E-state index contributed by atoms with van der Waals surface area (Å²) < 4.78 is 0. The SMILES string of the molecule is CCC(O)C(=O)Nc1cc(Cl)[nH]n1. The number of nitrogens with one attached hydrogen (secondary N) is 2. The van der Waals surface area contributed by atoms with Crippen molar-refractivity contribution in [2.45, 2.75) is 19.4 Å². The largest absolute Gasteiger partial charge is 0.383 e. The number of anilines is 1. The quantitative estimate of drug-likeness (QED) is 0.679. The number of amides is 1. The van der Waals surface area contributed by atoms with Crippen LogP contribution in [0.5, 0.6) is 0 Å². The van der Waals surface area contributed by atoms with E-state index in [9.17, 15) is 4.79 Å². The lowest BCUT2D eigenvalue weighted by atomic mass is 10.2. The van der Waals surface area contributed by atoms with E-state index in [-0.39, 0.29) is 0 Å². The maximum Gasteiger partial charge on any atom is 0.254 e. The Balaban J connectivity index is 2.54. The van der Waals surface area contributed by atoms with Crippen molar-refractivity contribution < 1.29 is 9.90 Å². The van der Waals surface area contributed by atoms with E-state index < -0.39 is 12.0 Å². The Morgan fingerprint density at radius 1 is 1.92 bits per heavy atom. The van der Waals surface area contributed by atoms with Crippen molar-refractivity contribution in [1.29, 1.82) is 0 Å². The molecule has 6 heteroatoms. The first kappa shape index (κ1) is 10.0. The Morgan fingerprint density at radius 2 is 2.62 bits per heavy atom. The highest BCUT2D eigenvalue weighted by Gasteiger charge is 2.13. The van der Waals surface area contributed by atoms with Gasteiger partial charge in [0, 0.05) is 6.07 Å². The van der Waals surface area contributed by atoms with E-state index in [1.165, 1.54) is 6.07 Å². The summed E-state index contributed by atoms with van der Waals surface area (Å²) in [6, 6.07) is 1.46. The summed E-state index contributed by atoms with van der Waals surface area (Å²) in [4.78, 5) is 11.1. The normalized spacial score (nSPS) is 12.5. The number of hydrogen-bond acceptors (Lipinski definition) is 3. The van der Waals surface area contributed by atoms with Gasteiger partial charge >= 0.3 is 0 Å². The first-order valence-electron chi connectivity index (χ1n) is 3.83. The Kier molecular flexibility index (Phi) is 3.27. The monoisotopic (exact) mass is 203 g/mol. The van der Waals surface area contributed by atoms with E-state index in [4.69, 9.17) is 16.7 Å². The highest BCUT2D eigenvalue weighted by molar-refractivity contribution is 6.29. The minimum atomic E-state index is -1.00. The van der Waals surface area contributed by atoms with Crippen molar-refractivity contribution in [1.82, 2.24) is 10.2 Å². The number of carbonyl (C=O) groups excluding carboxylic acids is 1. The van der Waals surface area contributed by atoms with Gasteiger partial charge in [-0.2, -0.15) is 5.10 Å². The van der Waals surface area contributed by atoms with Crippen LogP contribution in [0.15, 0.2) is 6.07 Å². The lowest BCUT2D eigenvalue weighted by molar-refractivity contribution is -0.124. The predicted octanol–water partition coefficient (Wildman–Crippen LogP) is 0.772. The molecule has 5 nitrogen and oxygen atoms in total. The van der Waals surface area contributed by atoms with Gasteiger partial charge < -0.3 is 10.4 Å². The third-order valence-electron chi connectivity index (χ3n) is 1.49. The minimum absolute atomic E-state index is 0.308. The summed E-state index contributed by atoms with van der Waals surface area (Å²) in [5.74, 6) is -0.173. The van der Waals surface area contributed by atoms with Crippen LogP contribution >= 0.6 is 11.6 Å². The molecule has 0 aliphatic heterocycles. The molecule has 72 valence electrons. The molecule has 1 atom stereocenters. The second kappa shape index (κ2) is 4.25. The molecule has 1 amide bonds. The zero-order chi connectivity index (χ0) is 9.84. The molecule has 13 heavy (non-hydrogen) atoms. The molecule has 0 radical (unpaired) electrons. The number of aromatic nitrogens is 2. The standard InChI is InChI=1S/C7H10ClN3O2/c1-2-4(12)7(13)9-6-3-5(8)10-11-6/h3-4,12H,2H2,1H3,(H2,9,10,11,13). The summed E-state index contributed by atoms with van der Waals surface area (Å²) in [7, 11) is 0. The Hall–Kier alpha value is -1.07. The van der Waals surface area contributed by atoms with E-state index >= 15 is 0 Å². The number of H-pyrrole nitrogens is 1. The molecule has 1 rings (SSSR count). The van der Waals surface area contributed by atoms with E-state index in [0.717, 1.165) is 0 Å². The van der Waals surface area contributed by atoms with Crippen LogP contribution in [0.4, 0.5) is 5.82 Å². The van der Waals surface area contributed by atoms with E-state index in [1.54, 1.807) is 6.92 Å². The zero-order valence-corrected chi connectivity index (χ0v) is 7.80. The van der Waals surface area contributed by atoms with Gasteiger partial charge in [0.2, 0.25) is 0 Å². The molecule has 0 bridgehead atoms. The first-order valence-corrected chi connectivity index (χ1v) is 4.21. The molecule has 3 N–H and O–H groups in total. The number of aromatic amines is 1. The van der Waals surface area contributed by atoms with Crippen molar-refractivity contribution in [3.05, 3.63) is 11.2 Å². The molecule has 0 aliphatic rings. The fraction of sp³-hybridized carbons (Fsp3) is 0.429. The summed E-state index contributed by atoms with van der Waals surface area (Å²) in [5.41, 5.74) is 0. The van der Waals surface area contributed by atoms with Crippen molar-refractivity contribution in [3.63, 3.8) is 0 Å². The van der Waals surface area contributed by atoms with E-state index in [2.05, 4.69) is 15.5 Å². The number of hydrogen-bond donors (Lipinski definition) is 3. The number of halogens is 1. The predicted molar refractivity (Wildman–Crippen MR) is 48.5 cm³/mol. The third-order valence-corrected chi connectivity index (χ3v) is 1.68. The molecule has 1 aromatic rings. The molecule has 0 aliphatic carbocycles. The molecule has 0 saturated heterocycles. The van der Waals surface area contributed by atoms with Crippen LogP contribution in [0.1, 0.15) is 13.3 Å². The van der Waals surface area contributed by atoms with Crippen LogP contribution in [0.3, 0.4) is 0 Å². The molecule has 1 aromatic heterocycles. The third kappa shape index (κ3) is 2.71. The Labute approximate surface area is 80.1 Å². The van der Waals surface area contributed by atoms with Crippen LogP contribution in [-0.4, -0.2) is 27.3 Å². The van der Waals surface area contributed by atoms with Crippen LogP contribution < -0.4 is 5.32 Å². The van der Waals surface area contributed by atoms with E-state index in [1.807, 2.05) is 0 Å². The highest BCUT2D eigenvalue weighted by atomic mass is 35.5. The zero-order valence-electron chi connectivity index (χ0n) is 7.04. The molecule has 0 saturated carbocycles. The molecule has 0 fully saturated rings. The average molecular weight is 204 g/mol. The summed E-state index contributed by atoms with van der Waals surface area (Å²) in [5, 5.41) is 18.0. The van der Waals surface area contributed by atoms with Crippen molar-refractivity contribution in [3.8, 4) is 0 Å². The lowest BCUT2D eigenvalue weighted by Crippen LogP contribution is -2.26. The van der Waals surface area contributed by atoms with Gasteiger partial charge in [0.1, 0.15) is 11.3 Å². The Bertz CT molecular complexity index is 300. The maximum absolute atomic E-state index is 11.1. The van der Waals surface area contributed by atoms with Gasteiger partial charge in [-0.05, 0) is 6.42 Å². The fourth-order valence-electron chi connectivity index (χ4n) is 0.757. The number of nitrogens with zero attached hydrogens (tertiary/aromatic N) is 1. The second-order valence-electron chi connectivity index (χ2n) is 2.51. The summed E-state index contributed by atoms with van der Waals surface area (Å²) in [6.45, 7) is 1.71. The molecule has 0 spiro atoms. The van der Waals surface area contributed by atoms with Crippen LogP contribution in [0, 0.1) is 0 Å². The second-order valence-corrected chi connectivity index (χ2v) is 2.92. The molecule has 1 heterocycles. The summed E-state index contributed by atoms with van der Waals surface area (Å²) >= 11 is 5.53. The Morgan fingerprint density at radius 3 is 3.08 bits per heavy atom. The number of rotatable bonds is 3. The highest BCUT2D eigenvalue weighted by Crippen LogP contribution is 2.10. The molecular weight excluding hydrogens is 194 g/mol. The van der Waals surface area contributed by atoms with Crippen LogP contribution in [0.25, 0.3) is 0 Å². The molecular formula is C7H10ClN3O2. The number of aliphatic hydroxyl groups excluding tert-OH is 1. The maximum atomic E-state index is 11.1. The van der Waals surface area contributed by atoms with Gasteiger partial charge in [-0.3, -0.25) is 9.89 Å². The lowest BCUT2D eigenvalue weighted by Gasteiger charge is -2.05. The van der Waals surface area contributed by atoms with Gasteiger partial charge in [0.15, 0.2) is 5.82 Å². The smallest absolute Gasteiger partial charge is 0.254 e. The van der Waals surface area contributed by atoms with Gasteiger partial charge in [0.25, 0.3) is 5.91 Å². The molecule has 1 unspecified atom stereocenters. The first-order chi connectivity index (χ1) is 6.13. The van der Waals surface area contributed by atoms with Gasteiger partial charge in [-0.1, -0.05) is 18.5 Å². The van der Waals surface area contributed by atoms with Crippen molar-refractivity contribution in [2.75, 3.05) is 5.32 Å². The van der Waals surface area contributed by atoms with Crippen molar-refractivity contribution in [2.24, 2.45) is 0 Å². The minimum Gasteiger partial charge on any atom is -0.383 e. The number of aliphatic hydroxyl groups is 1. The molecule has 0 aromatic carbocycles. The number of carbonyl (C=O) groups is 1. The van der Waals surface area contributed by atoms with Gasteiger partial charge in [-0.25, -0.2) is 0 Å². The summed E-state index contributed by atoms with van der Waals surface area (Å²) in [6.07, 6.45) is -0.639. The van der Waals surface area contributed by atoms with Gasteiger partial charge in [-0.15, -0.1) is 0 Å². The topological polar surface area (TPSA) is 78.0 Å². The van der Waals surface area contributed by atoms with Crippen LogP contribution in [-0.2, 0) is 4.79 Å². The van der Waals surface area contributed by atoms with Crippen LogP contribution in [0.2, 0.25) is 5.15 Å². The van der Waals surface area contributed by atoms with Crippen molar-refractivity contribution >= 4 is 23.3 Å².